The molecular formula is C14H20Cl2N2O4S. The highest BCUT2D eigenvalue weighted by atomic mass is 35.5. The molecule has 1 atom stereocenters. The second-order valence-corrected chi connectivity index (χ2v) is 7.43. The van der Waals surface area contributed by atoms with Crippen molar-refractivity contribution in [2.24, 2.45) is 5.73 Å². The highest BCUT2D eigenvalue weighted by Gasteiger charge is 2.33. The Balaban J connectivity index is 0.00000264. The summed E-state index contributed by atoms with van der Waals surface area (Å²) in [5, 5.41) is 0.0502. The smallest absolute Gasteiger partial charge is 0.339 e. The van der Waals surface area contributed by atoms with E-state index in [0.717, 1.165) is 19.3 Å². The van der Waals surface area contributed by atoms with Crippen molar-refractivity contribution in [2.75, 3.05) is 20.2 Å². The van der Waals surface area contributed by atoms with Gasteiger partial charge in [0, 0.05) is 19.1 Å². The summed E-state index contributed by atoms with van der Waals surface area (Å²) >= 11 is 6.01. The van der Waals surface area contributed by atoms with E-state index in [-0.39, 0.29) is 40.5 Å². The lowest BCUT2D eigenvalue weighted by molar-refractivity contribution is 0.0601. The normalized spacial score (nSPS) is 19.0. The van der Waals surface area contributed by atoms with Crippen molar-refractivity contribution in [3.63, 3.8) is 0 Å². The van der Waals surface area contributed by atoms with Crippen LogP contribution >= 0.6 is 24.0 Å². The standard InChI is InChI=1S/C14H19ClN2O4S.ClH/c1-21-14(18)12-6-5-11(8-13(12)15)22(19,20)17-7-3-2-4-10(17)9-16;/h5-6,8,10H,2-4,7,9,16H2,1H3;1H. The molecule has 1 heterocycles. The van der Waals surface area contributed by atoms with E-state index >= 15 is 0 Å². The number of benzene rings is 1. The summed E-state index contributed by atoms with van der Waals surface area (Å²) < 4.78 is 31.5. The van der Waals surface area contributed by atoms with Crippen LogP contribution in [-0.4, -0.2) is 44.9 Å². The van der Waals surface area contributed by atoms with Gasteiger partial charge in [-0.2, -0.15) is 4.31 Å². The number of rotatable bonds is 4. The first-order valence-electron chi connectivity index (χ1n) is 7.01. The van der Waals surface area contributed by atoms with E-state index in [4.69, 9.17) is 17.3 Å². The second kappa shape index (κ2) is 8.30. The number of methoxy groups -OCH3 is 1. The van der Waals surface area contributed by atoms with Crippen LogP contribution in [0, 0.1) is 0 Å². The van der Waals surface area contributed by atoms with Crippen LogP contribution in [0.5, 0.6) is 0 Å². The highest BCUT2D eigenvalue weighted by molar-refractivity contribution is 7.89. The molecule has 0 radical (unpaired) electrons. The van der Waals surface area contributed by atoms with Gasteiger partial charge in [0.15, 0.2) is 0 Å². The molecule has 1 unspecified atom stereocenters. The Morgan fingerprint density at radius 3 is 2.70 bits per heavy atom. The number of hydrogen-bond donors (Lipinski definition) is 1. The van der Waals surface area contributed by atoms with Crippen LogP contribution in [0.3, 0.4) is 0 Å². The number of nitrogens with two attached hydrogens (primary N) is 1. The molecule has 2 N–H and O–H groups in total. The van der Waals surface area contributed by atoms with E-state index < -0.39 is 16.0 Å². The van der Waals surface area contributed by atoms with Gasteiger partial charge >= 0.3 is 5.97 Å². The number of halogens is 2. The summed E-state index contributed by atoms with van der Waals surface area (Å²) in [6.45, 7) is 0.730. The van der Waals surface area contributed by atoms with Crippen LogP contribution in [0.25, 0.3) is 0 Å². The average molecular weight is 383 g/mol. The van der Waals surface area contributed by atoms with Gasteiger partial charge in [-0.25, -0.2) is 13.2 Å². The van der Waals surface area contributed by atoms with Gasteiger partial charge in [0.1, 0.15) is 0 Å². The van der Waals surface area contributed by atoms with Crippen LogP contribution in [0.15, 0.2) is 23.1 Å². The number of carbonyl (C=O) groups excluding carboxylic acids is 1. The van der Waals surface area contributed by atoms with E-state index in [1.54, 1.807) is 0 Å². The molecule has 1 saturated heterocycles. The number of nitrogens with zero attached hydrogens (tertiary/aromatic N) is 1. The van der Waals surface area contributed by atoms with Crippen LogP contribution in [0.2, 0.25) is 5.02 Å². The summed E-state index contributed by atoms with van der Waals surface area (Å²) in [5.74, 6) is -0.605. The Bertz CT molecular complexity index is 667. The van der Waals surface area contributed by atoms with Crippen molar-refractivity contribution in [3.8, 4) is 0 Å². The van der Waals surface area contributed by atoms with E-state index in [1.165, 1.54) is 29.6 Å². The number of carbonyl (C=O) groups is 1. The molecule has 0 aromatic heterocycles. The molecule has 1 aliphatic heterocycles. The third kappa shape index (κ3) is 4.16. The minimum absolute atomic E-state index is 0. The zero-order chi connectivity index (χ0) is 16.3. The molecule has 0 amide bonds. The minimum atomic E-state index is -3.68. The molecule has 23 heavy (non-hydrogen) atoms. The largest absolute Gasteiger partial charge is 0.465 e. The number of sulfonamides is 1. The third-order valence-electron chi connectivity index (χ3n) is 3.80. The van der Waals surface area contributed by atoms with E-state index in [1.807, 2.05) is 0 Å². The van der Waals surface area contributed by atoms with Gasteiger partial charge in [-0.15, -0.1) is 12.4 Å². The topological polar surface area (TPSA) is 89.7 Å². The predicted molar refractivity (Wildman–Crippen MR) is 90.6 cm³/mol. The van der Waals surface area contributed by atoms with E-state index in [9.17, 15) is 13.2 Å². The summed E-state index contributed by atoms with van der Waals surface area (Å²) in [6.07, 6.45) is 2.53. The molecule has 130 valence electrons. The Morgan fingerprint density at radius 1 is 1.43 bits per heavy atom. The van der Waals surface area contributed by atoms with Crippen LogP contribution < -0.4 is 5.73 Å². The van der Waals surface area contributed by atoms with Crippen molar-refractivity contribution in [1.82, 2.24) is 4.31 Å². The van der Waals surface area contributed by atoms with Crippen LogP contribution in [-0.2, 0) is 14.8 Å². The number of esters is 1. The van der Waals surface area contributed by atoms with Gasteiger partial charge < -0.3 is 10.5 Å². The lowest BCUT2D eigenvalue weighted by Gasteiger charge is -2.33. The molecule has 0 spiro atoms. The fourth-order valence-corrected chi connectivity index (χ4v) is 4.65. The Labute approximate surface area is 147 Å². The third-order valence-corrected chi connectivity index (χ3v) is 6.06. The Hall–Kier alpha value is -0.860. The number of hydrogen-bond acceptors (Lipinski definition) is 5. The van der Waals surface area contributed by atoms with E-state index in [2.05, 4.69) is 4.74 Å². The summed E-state index contributed by atoms with van der Waals surface area (Å²) in [7, 11) is -2.44. The van der Waals surface area contributed by atoms with Crippen LogP contribution in [0.4, 0.5) is 0 Å². The Kier molecular flexibility index (Phi) is 7.29. The maximum Gasteiger partial charge on any atom is 0.339 e. The minimum Gasteiger partial charge on any atom is -0.465 e. The van der Waals surface area contributed by atoms with Gasteiger partial charge in [-0.1, -0.05) is 18.0 Å². The van der Waals surface area contributed by atoms with Gasteiger partial charge in [0.2, 0.25) is 10.0 Å². The Morgan fingerprint density at radius 2 is 2.13 bits per heavy atom. The fraction of sp³-hybridized carbons (Fsp3) is 0.500. The lowest BCUT2D eigenvalue weighted by atomic mass is 10.1. The molecule has 1 aliphatic rings. The molecule has 1 aromatic carbocycles. The maximum atomic E-state index is 12.8. The second-order valence-electron chi connectivity index (χ2n) is 5.13. The fourth-order valence-electron chi connectivity index (χ4n) is 2.59. The first-order chi connectivity index (χ1) is 10.4. The predicted octanol–water partition coefficient (Wildman–Crippen LogP) is 2.05. The molecule has 0 aliphatic carbocycles. The molecule has 1 fully saturated rings. The van der Waals surface area contributed by atoms with Crippen LogP contribution in [0.1, 0.15) is 29.6 Å². The van der Waals surface area contributed by atoms with Crippen molar-refractivity contribution in [1.29, 1.82) is 0 Å². The molecule has 2 rings (SSSR count). The van der Waals surface area contributed by atoms with E-state index in [0.29, 0.717) is 6.54 Å². The summed E-state index contributed by atoms with van der Waals surface area (Å²) in [6, 6.07) is 3.82. The van der Waals surface area contributed by atoms with Crippen molar-refractivity contribution in [2.45, 2.75) is 30.2 Å². The number of ether oxygens (including phenoxy) is 1. The first kappa shape index (κ1) is 20.2. The van der Waals surface area contributed by atoms with Gasteiger partial charge in [-0.3, -0.25) is 0 Å². The molecule has 1 aromatic rings. The van der Waals surface area contributed by atoms with Gasteiger partial charge in [0.25, 0.3) is 0 Å². The molecule has 0 saturated carbocycles. The molecule has 9 heteroatoms. The zero-order valence-corrected chi connectivity index (χ0v) is 15.1. The van der Waals surface area contributed by atoms with Gasteiger partial charge in [-0.05, 0) is 31.0 Å². The number of piperidine rings is 1. The molecule has 0 bridgehead atoms. The monoisotopic (exact) mass is 382 g/mol. The highest BCUT2D eigenvalue weighted by Crippen LogP contribution is 2.28. The van der Waals surface area contributed by atoms with Crippen molar-refractivity contribution in [3.05, 3.63) is 28.8 Å². The molecular weight excluding hydrogens is 363 g/mol. The average Bonchev–Trinajstić information content (AvgIpc) is 2.53. The van der Waals surface area contributed by atoms with Gasteiger partial charge in [0.05, 0.1) is 22.6 Å². The first-order valence-corrected chi connectivity index (χ1v) is 8.83. The summed E-state index contributed by atoms with van der Waals surface area (Å²) in [4.78, 5) is 11.6. The maximum absolute atomic E-state index is 12.8. The molecule has 6 nitrogen and oxygen atoms in total. The SMILES string of the molecule is COC(=O)c1ccc(S(=O)(=O)N2CCCCC2CN)cc1Cl.Cl. The quantitative estimate of drug-likeness (QED) is 0.804. The van der Waals surface area contributed by atoms with Crippen molar-refractivity contribution >= 4 is 40.0 Å². The summed E-state index contributed by atoms with van der Waals surface area (Å²) in [5.41, 5.74) is 5.82. The van der Waals surface area contributed by atoms with Crippen molar-refractivity contribution < 1.29 is 17.9 Å². The lowest BCUT2D eigenvalue weighted by Crippen LogP contribution is -2.47. The zero-order valence-electron chi connectivity index (χ0n) is 12.7.